The second-order valence-electron chi connectivity index (χ2n) is 6.65. The van der Waals surface area contributed by atoms with Crippen molar-refractivity contribution in [2.45, 2.75) is 5.22 Å². The molecule has 0 atom stereocenters. The largest absolute Gasteiger partial charge is 0.431 e. The molecule has 160 valence electrons. The molecule has 1 aromatic heterocycles. The van der Waals surface area contributed by atoms with Crippen LogP contribution in [0.4, 0.5) is 11.4 Å². The van der Waals surface area contributed by atoms with Gasteiger partial charge in [0.1, 0.15) is 10.7 Å². The Balaban J connectivity index is 1.51. The van der Waals surface area contributed by atoms with Gasteiger partial charge in [0.15, 0.2) is 5.76 Å². The summed E-state index contributed by atoms with van der Waals surface area (Å²) in [7, 11) is 0. The van der Waals surface area contributed by atoms with Gasteiger partial charge in [0.05, 0.1) is 10.7 Å². The topological polar surface area (TPSA) is 98.3 Å². The van der Waals surface area contributed by atoms with Crippen LogP contribution in [0, 0.1) is 10.1 Å². The quantitative estimate of drug-likeness (QED) is 0.195. The van der Waals surface area contributed by atoms with E-state index in [9.17, 15) is 14.9 Å². The molecule has 0 aliphatic rings. The van der Waals surface area contributed by atoms with Crippen molar-refractivity contribution < 1.29 is 14.1 Å². The molecule has 0 saturated carbocycles. The van der Waals surface area contributed by atoms with Gasteiger partial charge in [-0.1, -0.05) is 84.0 Å². The van der Waals surface area contributed by atoms with E-state index in [1.807, 2.05) is 60.7 Å². The van der Waals surface area contributed by atoms with E-state index in [1.165, 1.54) is 18.2 Å². The van der Waals surface area contributed by atoms with Crippen LogP contribution in [0.3, 0.4) is 0 Å². The molecule has 1 heterocycles. The van der Waals surface area contributed by atoms with Crippen LogP contribution in [0.25, 0.3) is 22.6 Å². The van der Waals surface area contributed by atoms with Crippen molar-refractivity contribution in [2.75, 3.05) is 11.1 Å². The fourth-order valence-electron chi connectivity index (χ4n) is 2.99. The minimum atomic E-state index is -0.601. The predicted octanol–water partition coefficient (Wildman–Crippen LogP) is 6.30. The molecule has 0 spiro atoms. The van der Waals surface area contributed by atoms with Crippen molar-refractivity contribution in [2.24, 2.45) is 0 Å². The molecule has 0 fully saturated rings. The summed E-state index contributed by atoms with van der Waals surface area (Å²) < 4.78 is 5.99. The molecule has 4 rings (SSSR count). The number of thioether (sulfide) groups is 1. The Kier molecular flexibility index (Phi) is 6.53. The molecule has 0 aliphatic carbocycles. The molecule has 0 aliphatic heterocycles. The summed E-state index contributed by atoms with van der Waals surface area (Å²) in [6.07, 6.45) is 0. The Morgan fingerprint density at radius 1 is 1.03 bits per heavy atom. The Bertz CT molecular complexity index is 1210. The first-order valence-electron chi connectivity index (χ1n) is 9.49. The first-order valence-corrected chi connectivity index (χ1v) is 10.9. The van der Waals surface area contributed by atoms with Crippen LogP contribution in [-0.2, 0) is 4.79 Å². The van der Waals surface area contributed by atoms with E-state index in [0.29, 0.717) is 16.7 Å². The summed E-state index contributed by atoms with van der Waals surface area (Å²) in [5.74, 6) is 0.278. The minimum absolute atomic E-state index is 0.00374. The van der Waals surface area contributed by atoms with Gasteiger partial charge in [-0.3, -0.25) is 14.9 Å². The minimum Gasteiger partial charge on any atom is -0.431 e. The predicted molar refractivity (Wildman–Crippen MR) is 125 cm³/mol. The molecule has 32 heavy (non-hydrogen) atoms. The average molecular weight is 466 g/mol. The second-order valence-corrected chi connectivity index (χ2v) is 7.98. The summed E-state index contributed by atoms with van der Waals surface area (Å²) in [6, 6.07) is 23.4. The lowest BCUT2D eigenvalue weighted by Gasteiger charge is -2.04. The lowest BCUT2D eigenvalue weighted by molar-refractivity contribution is -0.384. The monoisotopic (exact) mass is 465 g/mol. The summed E-state index contributed by atoms with van der Waals surface area (Å²) in [5, 5.41) is 14.0. The van der Waals surface area contributed by atoms with Gasteiger partial charge in [-0.15, -0.1) is 0 Å². The summed E-state index contributed by atoms with van der Waals surface area (Å²) in [5.41, 5.74) is 2.48. The van der Waals surface area contributed by atoms with Crippen LogP contribution in [0.5, 0.6) is 0 Å². The highest BCUT2D eigenvalue weighted by atomic mass is 35.5. The van der Waals surface area contributed by atoms with Crippen molar-refractivity contribution in [3.63, 3.8) is 0 Å². The first kappa shape index (κ1) is 21.6. The molecular weight excluding hydrogens is 450 g/mol. The number of carbonyl (C=O) groups is 1. The van der Waals surface area contributed by atoms with Crippen LogP contribution >= 0.6 is 23.4 Å². The maximum absolute atomic E-state index is 12.4. The zero-order valence-corrected chi connectivity index (χ0v) is 18.1. The molecule has 0 bridgehead atoms. The van der Waals surface area contributed by atoms with Gasteiger partial charge in [-0.05, 0) is 12.1 Å². The molecule has 7 nitrogen and oxygen atoms in total. The number of nitrogens with one attached hydrogen (secondary N) is 1. The van der Waals surface area contributed by atoms with Crippen LogP contribution in [0.15, 0.2) is 88.5 Å². The van der Waals surface area contributed by atoms with Crippen LogP contribution in [0.1, 0.15) is 0 Å². The first-order chi connectivity index (χ1) is 15.5. The SMILES string of the molecule is O=C(CSc1nc(-c2ccccc2)c(-c2ccccc2)o1)Nc1ccc(Cl)c([N+](=O)[O-])c1. The van der Waals surface area contributed by atoms with Crippen molar-refractivity contribution in [3.8, 4) is 22.6 Å². The molecule has 0 saturated heterocycles. The number of aromatic nitrogens is 1. The number of oxazole rings is 1. The maximum atomic E-state index is 12.4. The van der Waals surface area contributed by atoms with Crippen molar-refractivity contribution in [1.29, 1.82) is 0 Å². The second kappa shape index (κ2) is 9.67. The van der Waals surface area contributed by atoms with Gasteiger partial charge in [-0.2, -0.15) is 0 Å². The highest BCUT2D eigenvalue weighted by molar-refractivity contribution is 7.99. The summed E-state index contributed by atoms with van der Waals surface area (Å²) in [6.45, 7) is 0. The van der Waals surface area contributed by atoms with Crippen LogP contribution in [0.2, 0.25) is 5.02 Å². The number of nitro groups is 1. The molecule has 1 N–H and O–H groups in total. The number of amides is 1. The third kappa shape index (κ3) is 4.99. The molecule has 1 amide bonds. The average Bonchev–Trinajstić information content (AvgIpc) is 3.24. The van der Waals surface area contributed by atoms with Gasteiger partial charge in [-0.25, -0.2) is 4.98 Å². The number of carbonyl (C=O) groups excluding carboxylic acids is 1. The Hall–Kier alpha value is -3.62. The van der Waals surface area contributed by atoms with Gasteiger partial charge >= 0.3 is 0 Å². The number of rotatable bonds is 7. The van der Waals surface area contributed by atoms with E-state index in [4.69, 9.17) is 16.0 Å². The lowest BCUT2D eigenvalue weighted by atomic mass is 10.1. The van der Waals surface area contributed by atoms with Gasteiger partial charge in [0.25, 0.3) is 10.9 Å². The fraction of sp³-hybridized carbons (Fsp3) is 0.0435. The standard InChI is InChI=1S/C23H16ClN3O4S/c24-18-12-11-17(13-19(18)27(29)30)25-20(28)14-32-23-26-21(15-7-3-1-4-8-15)22(31-23)16-9-5-2-6-10-16/h1-13H,14H2,(H,25,28). The van der Waals surface area contributed by atoms with Crippen LogP contribution in [-0.4, -0.2) is 21.6 Å². The zero-order valence-electron chi connectivity index (χ0n) is 16.5. The summed E-state index contributed by atoms with van der Waals surface area (Å²) >= 11 is 6.94. The fourth-order valence-corrected chi connectivity index (χ4v) is 3.81. The Morgan fingerprint density at radius 3 is 2.34 bits per heavy atom. The van der Waals surface area contributed by atoms with E-state index in [1.54, 1.807) is 0 Å². The Morgan fingerprint density at radius 2 is 1.69 bits per heavy atom. The smallest absolute Gasteiger partial charge is 0.289 e. The van der Waals surface area contributed by atoms with Gasteiger partial charge in [0.2, 0.25) is 5.91 Å². The number of nitrogens with zero attached hydrogens (tertiary/aromatic N) is 2. The normalized spacial score (nSPS) is 10.7. The number of anilines is 1. The highest BCUT2D eigenvalue weighted by Crippen LogP contribution is 2.35. The number of halogens is 1. The third-order valence-corrected chi connectivity index (χ3v) is 5.59. The van der Waals surface area contributed by atoms with Gasteiger partial charge in [0, 0.05) is 22.9 Å². The van der Waals surface area contributed by atoms with Crippen molar-refractivity contribution >= 4 is 40.6 Å². The molecular formula is C23H16ClN3O4S. The third-order valence-electron chi connectivity index (χ3n) is 4.44. The lowest BCUT2D eigenvalue weighted by Crippen LogP contribution is -2.14. The van der Waals surface area contributed by atoms with E-state index in [-0.39, 0.29) is 28.1 Å². The molecule has 0 radical (unpaired) electrons. The number of hydrogen-bond acceptors (Lipinski definition) is 6. The van der Waals surface area contributed by atoms with E-state index in [0.717, 1.165) is 22.9 Å². The number of nitro benzene ring substituents is 1. The molecule has 4 aromatic rings. The Labute approximate surface area is 192 Å². The number of hydrogen-bond donors (Lipinski definition) is 1. The van der Waals surface area contributed by atoms with Gasteiger partial charge < -0.3 is 9.73 Å². The van der Waals surface area contributed by atoms with E-state index >= 15 is 0 Å². The molecule has 3 aromatic carbocycles. The molecule has 0 unspecified atom stereocenters. The summed E-state index contributed by atoms with van der Waals surface area (Å²) in [4.78, 5) is 27.4. The van der Waals surface area contributed by atoms with E-state index in [2.05, 4.69) is 10.3 Å². The molecule has 9 heteroatoms. The maximum Gasteiger partial charge on any atom is 0.289 e. The van der Waals surface area contributed by atoms with Crippen molar-refractivity contribution in [1.82, 2.24) is 4.98 Å². The number of benzene rings is 3. The van der Waals surface area contributed by atoms with Crippen molar-refractivity contribution in [3.05, 3.63) is 94.0 Å². The highest BCUT2D eigenvalue weighted by Gasteiger charge is 2.18. The van der Waals surface area contributed by atoms with Crippen LogP contribution < -0.4 is 5.32 Å². The van der Waals surface area contributed by atoms with E-state index < -0.39 is 4.92 Å². The zero-order chi connectivity index (χ0) is 22.5.